The van der Waals surface area contributed by atoms with Gasteiger partial charge in [0.25, 0.3) is 0 Å². The number of nitrogens with one attached hydrogen (secondary N) is 2. The van der Waals surface area contributed by atoms with Gasteiger partial charge in [0.1, 0.15) is 11.9 Å². The van der Waals surface area contributed by atoms with Crippen molar-refractivity contribution in [3.05, 3.63) is 29.8 Å². The number of para-hydroxylation sites is 1. The Morgan fingerprint density at radius 3 is 2.92 bits per heavy atom. The van der Waals surface area contributed by atoms with Crippen LogP contribution in [0.25, 0.3) is 0 Å². The first kappa shape index (κ1) is 18.5. The SMILES string of the molecule is CN=C(NCCN(C)CCCOC)NCC1Cc2ccccc2O1. The predicted molar refractivity (Wildman–Crippen MR) is 97.9 cm³/mol. The van der Waals surface area contributed by atoms with Gasteiger partial charge < -0.3 is 25.0 Å². The number of methoxy groups -OCH3 is 1. The summed E-state index contributed by atoms with van der Waals surface area (Å²) in [6, 6.07) is 8.23. The number of hydrogen-bond donors (Lipinski definition) is 2. The monoisotopic (exact) mass is 334 g/mol. The maximum Gasteiger partial charge on any atom is 0.191 e. The van der Waals surface area contributed by atoms with Gasteiger partial charge in [0.05, 0.1) is 6.54 Å². The second-order valence-corrected chi connectivity index (χ2v) is 6.08. The first-order valence-electron chi connectivity index (χ1n) is 8.59. The fourth-order valence-electron chi connectivity index (χ4n) is 2.75. The average molecular weight is 334 g/mol. The summed E-state index contributed by atoms with van der Waals surface area (Å²) in [5.41, 5.74) is 1.28. The molecule has 1 aliphatic rings. The van der Waals surface area contributed by atoms with Crippen molar-refractivity contribution < 1.29 is 9.47 Å². The smallest absolute Gasteiger partial charge is 0.191 e. The Hall–Kier alpha value is -1.79. The zero-order chi connectivity index (χ0) is 17.2. The molecule has 1 unspecified atom stereocenters. The second-order valence-electron chi connectivity index (χ2n) is 6.08. The predicted octanol–water partition coefficient (Wildman–Crippen LogP) is 1.12. The molecule has 2 rings (SSSR count). The van der Waals surface area contributed by atoms with E-state index >= 15 is 0 Å². The zero-order valence-corrected chi connectivity index (χ0v) is 15.0. The number of aliphatic imine (C=N–C) groups is 1. The lowest BCUT2D eigenvalue weighted by molar-refractivity contribution is 0.180. The van der Waals surface area contributed by atoms with Crippen LogP contribution in [0.4, 0.5) is 0 Å². The van der Waals surface area contributed by atoms with Crippen LogP contribution in [0.3, 0.4) is 0 Å². The molecule has 24 heavy (non-hydrogen) atoms. The summed E-state index contributed by atoms with van der Waals surface area (Å²) < 4.78 is 11.0. The van der Waals surface area contributed by atoms with Gasteiger partial charge in [0, 0.05) is 46.8 Å². The molecule has 0 radical (unpaired) electrons. The lowest BCUT2D eigenvalue weighted by atomic mass is 10.1. The molecule has 6 heteroatoms. The van der Waals surface area contributed by atoms with Gasteiger partial charge in [-0.1, -0.05) is 18.2 Å². The molecule has 1 atom stereocenters. The van der Waals surface area contributed by atoms with Crippen LogP contribution in [0.1, 0.15) is 12.0 Å². The molecule has 1 aliphatic heterocycles. The highest BCUT2D eigenvalue weighted by atomic mass is 16.5. The van der Waals surface area contributed by atoms with Gasteiger partial charge >= 0.3 is 0 Å². The summed E-state index contributed by atoms with van der Waals surface area (Å²) in [5, 5.41) is 6.69. The van der Waals surface area contributed by atoms with Crippen molar-refractivity contribution in [2.24, 2.45) is 4.99 Å². The van der Waals surface area contributed by atoms with Gasteiger partial charge in [-0.2, -0.15) is 0 Å². The van der Waals surface area contributed by atoms with E-state index in [-0.39, 0.29) is 6.10 Å². The summed E-state index contributed by atoms with van der Waals surface area (Å²) in [4.78, 5) is 6.56. The van der Waals surface area contributed by atoms with Crippen LogP contribution in [-0.2, 0) is 11.2 Å². The number of rotatable bonds is 9. The third-order valence-electron chi connectivity index (χ3n) is 4.11. The molecule has 0 bridgehead atoms. The topological polar surface area (TPSA) is 58.1 Å². The molecule has 0 amide bonds. The van der Waals surface area contributed by atoms with Gasteiger partial charge in [-0.05, 0) is 25.1 Å². The van der Waals surface area contributed by atoms with Crippen LogP contribution in [0.15, 0.2) is 29.3 Å². The average Bonchev–Trinajstić information content (AvgIpc) is 3.01. The molecule has 0 aliphatic carbocycles. The maximum atomic E-state index is 5.93. The van der Waals surface area contributed by atoms with Crippen molar-refractivity contribution in [1.29, 1.82) is 0 Å². The Balaban J connectivity index is 1.61. The maximum absolute atomic E-state index is 5.93. The largest absolute Gasteiger partial charge is 0.488 e. The van der Waals surface area contributed by atoms with E-state index < -0.39 is 0 Å². The molecule has 0 spiro atoms. The Kier molecular flexibility index (Phi) is 7.85. The molecule has 0 fully saturated rings. The van der Waals surface area contributed by atoms with Gasteiger partial charge in [-0.15, -0.1) is 0 Å². The molecule has 2 N–H and O–H groups in total. The summed E-state index contributed by atoms with van der Waals surface area (Å²) >= 11 is 0. The van der Waals surface area contributed by atoms with E-state index in [2.05, 4.69) is 39.7 Å². The molecular weight excluding hydrogens is 304 g/mol. The van der Waals surface area contributed by atoms with Crippen molar-refractivity contribution in [3.63, 3.8) is 0 Å². The van der Waals surface area contributed by atoms with E-state index in [0.29, 0.717) is 0 Å². The third-order valence-corrected chi connectivity index (χ3v) is 4.11. The zero-order valence-electron chi connectivity index (χ0n) is 15.0. The molecular formula is C18H30N4O2. The Bertz CT molecular complexity index is 496. The number of nitrogens with zero attached hydrogens (tertiary/aromatic N) is 2. The minimum atomic E-state index is 0.165. The Morgan fingerprint density at radius 2 is 2.17 bits per heavy atom. The molecule has 0 saturated carbocycles. The van der Waals surface area contributed by atoms with Crippen LogP contribution in [0, 0.1) is 0 Å². The molecule has 0 saturated heterocycles. The van der Waals surface area contributed by atoms with Gasteiger partial charge in [0.15, 0.2) is 5.96 Å². The van der Waals surface area contributed by atoms with Crippen LogP contribution in [-0.4, -0.2) is 71.0 Å². The highest BCUT2D eigenvalue weighted by molar-refractivity contribution is 5.79. The molecule has 0 aromatic heterocycles. The molecule has 134 valence electrons. The Morgan fingerprint density at radius 1 is 1.33 bits per heavy atom. The number of ether oxygens (including phenoxy) is 2. The number of hydrogen-bond acceptors (Lipinski definition) is 4. The minimum absolute atomic E-state index is 0.165. The lowest BCUT2D eigenvalue weighted by Crippen LogP contribution is -2.44. The van der Waals surface area contributed by atoms with Crippen LogP contribution >= 0.6 is 0 Å². The van der Waals surface area contributed by atoms with E-state index in [1.165, 1.54) is 5.56 Å². The van der Waals surface area contributed by atoms with Crippen LogP contribution in [0.5, 0.6) is 5.75 Å². The first-order chi connectivity index (χ1) is 11.7. The highest BCUT2D eigenvalue weighted by Gasteiger charge is 2.22. The molecule has 1 heterocycles. The summed E-state index contributed by atoms with van der Waals surface area (Å²) in [7, 11) is 5.66. The molecule has 6 nitrogen and oxygen atoms in total. The minimum Gasteiger partial charge on any atom is -0.488 e. The standard InChI is InChI=1S/C18H30N4O2/c1-19-18(20-9-11-22(2)10-6-12-23-3)21-14-16-13-15-7-4-5-8-17(15)24-16/h4-5,7-8,16H,6,9-14H2,1-3H3,(H2,19,20,21). The first-order valence-corrected chi connectivity index (χ1v) is 8.59. The van der Waals surface area contributed by atoms with Crippen LogP contribution in [0.2, 0.25) is 0 Å². The van der Waals surface area contributed by atoms with Crippen molar-refractivity contribution >= 4 is 5.96 Å². The van der Waals surface area contributed by atoms with Gasteiger partial charge in [-0.25, -0.2) is 0 Å². The lowest BCUT2D eigenvalue weighted by Gasteiger charge is -2.19. The van der Waals surface area contributed by atoms with Crippen LogP contribution < -0.4 is 15.4 Å². The number of guanidine groups is 1. The van der Waals surface area contributed by atoms with Crippen molar-refractivity contribution in [2.45, 2.75) is 18.9 Å². The van der Waals surface area contributed by atoms with Crippen molar-refractivity contribution in [3.8, 4) is 5.75 Å². The van der Waals surface area contributed by atoms with E-state index in [0.717, 1.165) is 57.3 Å². The molecule has 1 aromatic rings. The number of benzene rings is 1. The van der Waals surface area contributed by atoms with E-state index in [1.54, 1.807) is 14.2 Å². The normalized spacial score (nSPS) is 16.8. The van der Waals surface area contributed by atoms with E-state index in [9.17, 15) is 0 Å². The fraction of sp³-hybridized carbons (Fsp3) is 0.611. The third kappa shape index (κ3) is 6.02. The van der Waals surface area contributed by atoms with Crippen molar-refractivity contribution in [1.82, 2.24) is 15.5 Å². The van der Waals surface area contributed by atoms with Gasteiger partial charge in [0.2, 0.25) is 0 Å². The highest BCUT2D eigenvalue weighted by Crippen LogP contribution is 2.27. The number of likely N-dealkylation sites (N-methyl/N-ethyl adjacent to an activating group) is 1. The summed E-state index contributed by atoms with van der Waals surface area (Å²) in [5.74, 6) is 1.82. The quantitative estimate of drug-likeness (QED) is 0.403. The molecule has 1 aromatic carbocycles. The van der Waals surface area contributed by atoms with Gasteiger partial charge in [-0.3, -0.25) is 4.99 Å². The second kappa shape index (κ2) is 10.2. The summed E-state index contributed by atoms with van der Waals surface area (Å²) in [6.45, 7) is 4.42. The van der Waals surface area contributed by atoms with Crippen molar-refractivity contribution in [2.75, 3.05) is 54.0 Å². The van der Waals surface area contributed by atoms with E-state index in [4.69, 9.17) is 9.47 Å². The van der Waals surface area contributed by atoms with E-state index in [1.807, 2.05) is 12.1 Å². The summed E-state index contributed by atoms with van der Waals surface area (Å²) in [6.07, 6.45) is 2.17. The Labute approximate surface area is 145 Å². The fourth-order valence-corrected chi connectivity index (χ4v) is 2.75. The number of fused-ring (bicyclic) bond motifs is 1.